The first-order valence-corrected chi connectivity index (χ1v) is 7.40. The predicted octanol–water partition coefficient (Wildman–Crippen LogP) is 2.18. The van der Waals surface area contributed by atoms with Crippen LogP contribution in [0.15, 0.2) is 0 Å². The van der Waals surface area contributed by atoms with Gasteiger partial charge in [-0.2, -0.15) is 0 Å². The van der Waals surface area contributed by atoms with Gasteiger partial charge in [-0.25, -0.2) is 4.79 Å². The molecule has 1 fully saturated rings. The normalized spacial score (nSPS) is 19.9. The Balaban J connectivity index is 2.50. The number of rotatable bonds is 5. The van der Waals surface area contributed by atoms with E-state index >= 15 is 0 Å². The Morgan fingerprint density at radius 3 is 2.20 bits per heavy atom. The largest absolute Gasteiger partial charge is 0.444 e. The van der Waals surface area contributed by atoms with Gasteiger partial charge < -0.3 is 20.5 Å². The van der Waals surface area contributed by atoms with Crippen LogP contribution >= 0.6 is 0 Å². The van der Waals surface area contributed by atoms with Gasteiger partial charge in [-0.05, 0) is 60.8 Å². The van der Waals surface area contributed by atoms with Gasteiger partial charge in [0, 0.05) is 12.6 Å². The topological polar surface area (TPSA) is 70.6 Å². The number of nitrogens with one attached hydrogen (secondary N) is 2. The predicted molar refractivity (Wildman–Crippen MR) is 79.7 cm³/mol. The third kappa shape index (κ3) is 5.29. The monoisotopic (exact) mass is 286 g/mol. The second-order valence-corrected chi connectivity index (χ2v) is 7.52. The summed E-state index contributed by atoms with van der Waals surface area (Å²) in [5, 5.41) is 16.2. The van der Waals surface area contributed by atoms with E-state index in [-0.39, 0.29) is 17.7 Å². The number of carbonyl (C=O) groups excluding carboxylic acids is 1. The fourth-order valence-corrected chi connectivity index (χ4v) is 2.07. The number of aliphatic hydroxyl groups is 1. The Morgan fingerprint density at radius 1 is 1.30 bits per heavy atom. The molecule has 0 spiro atoms. The van der Waals surface area contributed by atoms with Gasteiger partial charge in [-0.1, -0.05) is 0 Å². The van der Waals surface area contributed by atoms with E-state index in [1.165, 1.54) is 0 Å². The molecule has 0 aromatic heterocycles. The van der Waals surface area contributed by atoms with Crippen molar-refractivity contribution >= 4 is 6.09 Å². The maximum atomic E-state index is 11.9. The highest BCUT2D eigenvalue weighted by Gasteiger charge is 2.40. The van der Waals surface area contributed by atoms with Gasteiger partial charge in [0.15, 0.2) is 0 Å². The molecule has 5 heteroatoms. The van der Waals surface area contributed by atoms with Gasteiger partial charge in [0.05, 0.1) is 11.1 Å². The number of amides is 1. The quantitative estimate of drug-likeness (QED) is 0.724. The summed E-state index contributed by atoms with van der Waals surface area (Å²) in [7, 11) is 0. The summed E-state index contributed by atoms with van der Waals surface area (Å²) >= 11 is 0. The summed E-state index contributed by atoms with van der Waals surface area (Å²) in [6.45, 7) is 11.7. The highest BCUT2D eigenvalue weighted by molar-refractivity contribution is 5.69. The molecule has 20 heavy (non-hydrogen) atoms. The first kappa shape index (κ1) is 17.2. The molecule has 0 radical (unpaired) electrons. The van der Waals surface area contributed by atoms with Gasteiger partial charge in [0.2, 0.25) is 0 Å². The van der Waals surface area contributed by atoms with Gasteiger partial charge >= 0.3 is 6.09 Å². The Labute approximate surface area is 122 Å². The number of hydrogen-bond donors (Lipinski definition) is 3. The fraction of sp³-hybridized carbons (Fsp3) is 0.933. The van der Waals surface area contributed by atoms with E-state index in [9.17, 15) is 9.90 Å². The average molecular weight is 286 g/mol. The maximum Gasteiger partial charge on any atom is 0.408 e. The Bertz CT molecular complexity index is 338. The molecule has 1 unspecified atom stereocenters. The van der Waals surface area contributed by atoms with E-state index in [0.717, 1.165) is 19.3 Å². The van der Waals surface area contributed by atoms with Crippen molar-refractivity contribution in [1.82, 2.24) is 10.6 Å². The molecule has 1 aliphatic carbocycles. The second kappa shape index (κ2) is 5.90. The molecule has 0 heterocycles. The zero-order valence-electron chi connectivity index (χ0n) is 13.7. The maximum absolute atomic E-state index is 11.9. The molecule has 1 rings (SSSR count). The van der Waals surface area contributed by atoms with Crippen molar-refractivity contribution in [2.45, 2.75) is 83.6 Å². The lowest BCUT2D eigenvalue weighted by Gasteiger charge is -2.44. The molecular formula is C15H30N2O3. The smallest absolute Gasteiger partial charge is 0.408 e. The van der Waals surface area contributed by atoms with Crippen LogP contribution in [0.3, 0.4) is 0 Å². The van der Waals surface area contributed by atoms with Crippen molar-refractivity contribution in [1.29, 1.82) is 0 Å². The standard InChI is InChI=1S/C15H30N2O3/c1-11(14(5,6)19)16-10-15(8-7-9-15)17-12(18)20-13(2,3)4/h11,16,19H,7-10H2,1-6H3,(H,17,18). The van der Waals surface area contributed by atoms with Crippen molar-refractivity contribution < 1.29 is 14.6 Å². The fourth-order valence-electron chi connectivity index (χ4n) is 2.07. The molecular weight excluding hydrogens is 256 g/mol. The van der Waals surface area contributed by atoms with Crippen molar-refractivity contribution in [2.75, 3.05) is 6.54 Å². The molecule has 0 saturated heterocycles. The van der Waals surface area contributed by atoms with E-state index in [0.29, 0.717) is 6.54 Å². The van der Waals surface area contributed by atoms with Crippen LogP contribution in [0.4, 0.5) is 4.79 Å². The lowest BCUT2D eigenvalue weighted by Crippen LogP contribution is -2.62. The van der Waals surface area contributed by atoms with Crippen LogP contribution in [0.1, 0.15) is 60.8 Å². The van der Waals surface area contributed by atoms with Crippen LogP contribution in [0, 0.1) is 0 Å². The lowest BCUT2D eigenvalue weighted by atomic mass is 9.76. The summed E-state index contributed by atoms with van der Waals surface area (Å²) < 4.78 is 5.32. The third-order valence-electron chi connectivity index (χ3n) is 3.88. The Morgan fingerprint density at radius 2 is 1.85 bits per heavy atom. The zero-order chi connectivity index (χ0) is 15.6. The molecule has 1 atom stereocenters. The average Bonchev–Trinajstić information content (AvgIpc) is 2.17. The highest BCUT2D eigenvalue weighted by Crippen LogP contribution is 2.32. The summed E-state index contributed by atoms with van der Waals surface area (Å²) in [5.74, 6) is 0. The summed E-state index contributed by atoms with van der Waals surface area (Å²) in [4.78, 5) is 11.9. The van der Waals surface area contributed by atoms with Crippen molar-refractivity contribution in [3.8, 4) is 0 Å². The van der Waals surface area contributed by atoms with Crippen molar-refractivity contribution in [2.24, 2.45) is 0 Å². The van der Waals surface area contributed by atoms with Crippen LogP contribution in [-0.2, 0) is 4.74 Å². The first-order chi connectivity index (χ1) is 8.94. The number of alkyl carbamates (subject to hydrolysis) is 1. The van der Waals surface area contributed by atoms with Crippen LogP contribution in [0.5, 0.6) is 0 Å². The highest BCUT2D eigenvalue weighted by atomic mass is 16.6. The minimum absolute atomic E-state index is 0.0413. The van der Waals surface area contributed by atoms with Crippen LogP contribution in [0.2, 0.25) is 0 Å². The molecule has 0 bridgehead atoms. The summed E-state index contributed by atoms with van der Waals surface area (Å²) in [6, 6.07) is -0.0413. The van der Waals surface area contributed by atoms with Crippen LogP contribution in [0.25, 0.3) is 0 Å². The minimum Gasteiger partial charge on any atom is -0.444 e. The summed E-state index contributed by atoms with van der Waals surface area (Å²) in [6.07, 6.45) is 2.62. The molecule has 1 amide bonds. The van der Waals surface area contributed by atoms with E-state index in [4.69, 9.17) is 4.74 Å². The SMILES string of the molecule is CC(NCC1(NC(=O)OC(C)(C)C)CCC1)C(C)(C)O. The molecule has 1 aliphatic rings. The van der Waals surface area contributed by atoms with E-state index in [2.05, 4.69) is 10.6 Å². The third-order valence-corrected chi connectivity index (χ3v) is 3.88. The number of carbonyl (C=O) groups is 1. The van der Waals surface area contributed by atoms with Crippen molar-refractivity contribution in [3.05, 3.63) is 0 Å². The molecule has 1 saturated carbocycles. The van der Waals surface area contributed by atoms with Crippen LogP contribution < -0.4 is 10.6 Å². The number of ether oxygens (including phenoxy) is 1. The summed E-state index contributed by atoms with van der Waals surface area (Å²) in [5.41, 5.74) is -1.50. The Hall–Kier alpha value is -0.810. The van der Waals surface area contributed by atoms with Crippen LogP contribution in [-0.4, -0.2) is 40.5 Å². The molecule has 118 valence electrons. The first-order valence-electron chi connectivity index (χ1n) is 7.40. The van der Waals surface area contributed by atoms with Gasteiger partial charge in [0.25, 0.3) is 0 Å². The number of hydrogen-bond acceptors (Lipinski definition) is 4. The Kier molecular flexibility index (Phi) is 5.08. The van der Waals surface area contributed by atoms with E-state index in [1.807, 2.05) is 27.7 Å². The van der Waals surface area contributed by atoms with Crippen molar-refractivity contribution in [3.63, 3.8) is 0 Å². The zero-order valence-corrected chi connectivity index (χ0v) is 13.7. The van der Waals surface area contributed by atoms with Gasteiger partial charge in [-0.15, -0.1) is 0 Å². The van der Waals surface area contributed by atoms with Gasteiger partial charge in [0.1, 0.15) is 5.60 Å². The molecule has 3 N–H and O–H groups in total. The minimum atomic E-state index is -0.781. The molecule has 0 aliphatic heterocycles. The molecule has 0 aromatic carbocycles. The molecule has 5 nitrogen and oxygen atoms in total. The molecule has 0 aromatic rings. The second-order valence-electron chi connectivity index (χ2n) is 7.52. The van der Waals surface area contributed by atoms with E-state index in [1.54, 1.807) is 13.8 Å². The van der Waals surface area contributed by atoms with Gasteiger partial charge in [-0.3, -0.25) is 0 Å². The lowest BCUT2D eigenvalue weighted by molar-refractivity contribution is 0.0280. The van der Waals surface area contributed by atoms with E-state index < -0.39 is 11.2 Å².